The van der Waals surface area contributed by atoms with Gasteiger partial charge in [-0.3, -0.25) is 4.79 Å². The van der Waals surface area contributed by atoms with Gasteiger partial charge >= 0.3 is 0 Å². The Balaban J connectivity index is 2.22. The Morgan fingerprint density at radius 3 is 2.53 bits per heavy atom. The first-order valence-corrected chi connectivity index (χ1v) is 5.08. The molecule has 1 saturated heterocycles. The molecule has 1 unspecified atom stereocenters. The van der Waals surface area contributed by atoms with E-state index in [2.05, 4.69) is 24.4 Å². The van der Waals surface area contributed by atoms with Crippen molar-refractivity contribution in [2.45, 2.75) is 19.4 Å². The number of ether oxygens (including phenoxy) is 1. The lowest BCUT2D eigenvalue weighted by Gasteiger charge is -2.34. The fraction of sp³-hybridized carbons (Fsp3) is 0.417. The second kappa shape index (κ2) is 3.66. The van der Waals surface area contributed by atoms with Crippen LogP contribution in [0.2, 0.25) is 0 Å². The molecule has 1 aromatic carbocycles. The lowest BCUT2D eigenvalue weighted by Crippen LogP contribution is -2.48. The highest BCUT2D eigenvalue weighted by Gasteiger charge is 2.32. The maximum Gasteiger partial charge on any atom is 0.246 e. The SMILES string of the molecule is Cc1ccc(C2(C)CNC(=O)CO2)cc1. The highest BCUT2D eigenvalue weighted by atomic mass is 16.5. The van der Waals surface area contributed by atoms with Crippen LogP contribution in [0.3, 0.4) is 0 Å². The molecule has 1 fully saturated rings. The summed E-state index contributed by atoms with van der Waals surface area (Å²) in [5, 5.41) is 2.82. The smallest absolute Gasteiger partial charge is 0.246 e. The zero-order valence-electron chi connectivity index (χ0n) is 9.04. The van der Waals surface area contributed by atoms with Gasteiger partial charge in [-0.2, -0.15) is 0 Å². The molecule has 0 aromatic heterocycles. The first-order chi connectivity index (χ1) is 7.10. The molecule has 0 spiro atoms. The molecule has 2 rings (SSSR count). The number of hydrogen-bond donors (Lipinski definition) is 1. The van der Waals surface area contributed by atoms with Crippen molar-refractivity contribution in [2.75, 3.05) is 13.2 Å². The Hall–Kier alpha value is -1.35. The van der Waals surface area contributed by atoms with Crippen LogP contribution >= 0.6 is 0 Å². The van der Waals surface area contributed by atoms with Crippen LogP contribution in [-0.4, -0.2) is 19.1 Å². The summed E-state index contributed by atoms with van der Waals surface area (Å²) in [7, 11) is 0. The summed E-state index contributed by atoms with van der Waals surface area (Å²) >= 11 is 0. The van der Waals surface area contributed by atoms with Gasteiger partial charge in [-0.05, 0) is 19.4 Å². The molecule has 1 amide bonds. The maximum absolute atomic E-state index is 11.0. The fourth-order valence-electron chi connectivity index (χ4n) is 1.69. The lowest BCUT2D eigenvalue weighted by atomic mass is 9.94. The highest BCUT2D eigenvalue weighted by Crippen LogP contribution is 2.26. The summed E-state index contributed by atoms with van der Waals surface area (Å²) in [5.74, 6) is -0.0420. The molecule has 1 N–H and O–H groups in total. The van der Waals surface area contributed by atoms with E-state index in [0.29, 0.717) is 6.54 Å². The topological polar surface area (TPSA) is 38.3 Å². The van der Waals surface area contributed by atoms with Crippen molar-refractivity contribution in [1.82, 2.24) is 5.32 Å². The Kier molecular flexibility index (Phi) is 2.49. The molecule has 0 bridgehead atoms. The van der Waals surface area contributed by atoms with Crippen molar-refractivity contribution < 1.29 is 9.53 Å². The summed E-state index contributed by atoms with van der Waals surface area (Å²) in [6, 6.07) is 8.21. The van der Waals surface area contributed by atoms with Gasteiger partial charge in [-0.25, -0.2) is 0 Å². The average Bonchev–Trinajstić information content (AvgIpc) is 2.24. The molecule has 3 nitrogen and oxygen atoms in total. The number of hydrogen-bond acceptors (Lipinski definition) is 2. The first-order valence-electron chi connectivity index (χ1n) is 5.08. The normalized spacial score (nSPS) is 26.1. The van der Waals surface area contributed by atoms with Gasteiger partial charge in [0.2, 0.25) is 5.91 Å². The van der Waals surface area contributed by atoms with E-state index in [1.54, 1.807) is 0 Å². The molecule has 0 saturated carbocycles. The number of aryl methyl sites for hydroxylation is 1. The second-order valence-electron chi connectivity index (χ2n) is 4.16. The summed E-state index contributed by atoms with van der Waals surface area (Å²) in [6.45, 7) is 4.73. The van der Waals surface area contributed by atoms with E-state index in [-0.39, 0.29) is 18.1 Å². The van der Waals surface area contributed by atoms with Crippen LogP contribution < -0.4 is 5.32 Å². The third kappa shape index (κ3) is 2.02. The largest absolute Gasteiger partial charge is 0.359 e. The van der Waals surface area contributed by atoms with E-state index >= 15 is 0 Å². The number of nitrogens with one attached hydrogen (secondary N) is 1. The summed E-state index contributed by atoms with van der Waals surface area (Å²) in [4.78, 5) is 11.0. The zero-order chi connectivity index (χ0) is 10.9. The molecule has 1 aromatic rings. The molecular formula is C12H15NO2. The molecule has 0 aliphatic carbocycles. The van der Waals surface area contributed by atoms with E-state index in [9.17, 15) is 4.79 Å². The predicted octanol–water partition coefficient (Wildman–Crippen LogP) is 1.36. The zero-order valence-corrected chi connectivity index (χ0v) is 9.04. The Bertz CT molecular complexity index is 360. The van der Waals surface area contributed by atoms with E-state index < -0.39 is 0 Å². The van der Waals surface area contributed by atoms with Crippen molar-refractivity contribution >= 4 is 5.91 Å². The number of amides is 1. The number of morpholine rings is 1. The maximum atomic E-state index is 11.0. The quantitative estimate of drug-likeness (QED) is 0.751. The van der Waals surface area contributed by atoms with Crippen molar-refractivity contribution in [3.05, 3.63) is 35.4 Å². The molecule has 1 aliphatic rings. The minimum absolute atomic E-state index is 0.0420. The lowest BCUT2D eigenvalue weighted by molar-refractivity contribution is -0.142. The van der Waals surface area contributed by atoms with Gasteiger partial charge in [-0.1, -0.05) is 29.8 Å². The van der Waals surface area contributed by atoms with Crippen molar-refractivity contribution in [1.29, 1.82) is 0 Å². The molecule has 3 heteroatoms. The minimum atomic E-state index is -0.387. The van der Waals surface area contributed by atoms with Crippen LogP contribution in [0.25, 0.3) is 0 Å². The number of benzene rings is 1. The molecule has 80 valence electrons. The molecular weight excluding hydrogens is 190 g/mol. The fourth-order valence-corrected chi connectivity index (χ4v) is 1.69. The summed E-state index contributed by atoms with van der Waals surface area (Å²) in [5.41, 5.74) is 1.94. The monoisotopic (exact) mass is 205 g/mol. The third-order valence-electron chi connectivity index (χ3n) is 2.81. The average molecular weight is 205 g/mol. The Morgan fingerprint density at radius 1 is 1.33 bits per heavy atom. The standard InChI is InChI=1S/C12H15NO2/c1-9-3-5-10(6-4-9)12(2)8-13-11(14)7-15-12/h3-6H,7-8H2,1-2H3,(H,13,14). The van der Waals surface area contributed by atoms with Gasteiger partial charge in [0.25, 0.3) is 0 Å². The highest BCUT2D eigenvalue weighted by molar-refractivity contribution is 5.78. The van der Waals surface area contributed by atoms with Crippen molar-refractivity contribution in [3.63, 3.8) is 0 Å². The van der Waals surface area contributed by atoms with Crippen LogP contribution in [-0.2, 0) is 15.1 Å². The van der Waals surface area contributed by atoms with Gasteiger partial charge in [-0.15, -0.1) is 0 Å². The van der Waals surface area contributed by atoms with Crippen molar-refractivity contribution in [2.24, 2.45) is 0 Å². The van der Waals surface area contributed by atoms with E-state index in [0.717, 1.165) is 5.56 Å². The van der Waals surface area contributed by atoms with E-state index in [4.69, 9.17) is 4.74 Å². The van der Waals surface area contributed by atoms with Crippen LogP contribution in [0.15, 0.2) is 24.3 Å². The van der Waals surface area contributed by atoms with Gasteiger partial charge in [0, 0.05) is 0 Å². The Morgan fingerprint density at radius 2 is 2.00 bits per heavy atom. The minimum Gasteiger partial charge on any atom is -0.359 e. The molecule has 0 radical (unpaired) electrons. The van der Waals surface area contributed by atoms with Gasteiger partial charge in [0.15, 0.2) is 0 Å². The summed E-state index contributed by atoms with van der Waals surface area (Å²) < 4.78 is 5.59. The van der Waals surface area contributed by atoms with E-state index in [1.807, 2.05) is 19.1 Å². The van der Waals surface area contributed by atoms with Crippen molar-refractivity contribution in [3.8, 4) is 0 Å². The third-order valence-corrected chi connectivity index (χ3v) is 2.81. The predicted molar refractivity (Wildman–Crippen MR) is 57.5 cm³/mol. The number of rotatable bonds is 1. The summed E-state index contributed by atoms with van der Waals surface area (Å²) in [6.07, 6.45) is 0. The first kappa shape index (κ1) is 10.2. The van der Waals surface area contributed by atoms with Gasteiger partial charge < -0.3 is 10.1 Å². The number of carbonyl (C=O) groups excluding carboxylic acids is 1. The second-order valence-corrected chi connectivity index (χ2v) is 4.16. The molecule has 1 aliphatic heterocycles. The van der Waals surface area contributed by atoms with Gasteiger partial charge in [0.1, 0.15) is 12.2 Å². The molecule has 1 atom stereocenters. The van der Waals surface area contributed by atoms with E-state index in [1.165, 1.54) is 5.56 Å². The van der Waals surface area contributed by atoms with Crippen LogP contribution in [0.1, 0.15) is 18.1 Å². The Labute approximate surface area is 89.4 Å². The van der Waals surface area contributed by atoms with Crippen LogP contribution in [0.5, 0.6) is 0 Å². The molecule has 15 heavy (non-hydrogen) atoms. The van der Waals surface area contributed by atoms with Crippen LogP contribution in [0, 0.1) is 6.92 Å². The van der Waals surface area contributed by atoms with Gasteiger partial charge in [0.05, 0.1) is 6.54 Å². The molecule has 1 heterocycles. The van der Waals surface area contributed by atoms with Crippen LogP contribution in [0.4, 0.5) is 0 Å². The number of carbonyl (C=O) groups is 1.